The van der Waals surface area contributed by atoms with E-state index in [0.717, 1.165) is 0 Å². The van der Waals surface area contributed by atoms with Crippen molar-refractivity contribution in [3.05, 3.63) is 65.4 Å². The maximum atomic E-state index is 12.4. The Hall–Kier alpha value is -3.28. The molecule has 0 spiro atoms. The Kier molecular flexibility index (Phi) is 5.99. The van der Waals surface area contributed by atoms with E-state index in [1.165, 1.54) is 0 Å². The Bertz CT molecular complexity index is 973. The number of carbonyl (C=O) groups is 2. The Morgan fingerprint density at radius 1 is 1.00 bits per heavy atom. The Balaban J connectivity index is 1.98. The van der Waals surface area contributed by atoms with E-state index in [1.54, 1.807) is 51.1 Å². The molecule has 1 atom stereocenters. The average molecular weight is 382 g/mol. The summed E-state index contributed by atoms with van der Waals surface area (Å²) >= 11 is 0. The van der Waals surface area contributed by atoms with E-state index in [4.69, 9.17) is 18.6 Å². The van der Waals surface area contributed by atoms with Gasteiger partial charge in [0.1, 0.15) is 22.7 Å². The van der Waals surface area contributed by atoms with Crippen molar-refractivity contribution in [1.82, 2.24) is 0 Å². The van der Waals surface area contributed by atoms with Crippen molar-refractivity contribution in [2.24, 2.45) is 0 Å². The molecule has 0 fully saturated rings. The molecule has 3 aromatic rings. The fraction of sp³-hybridized carbons (Fsp3) is 0.273. The molecule has 3 rings (SSSR count). The van der Waals surface area contributed by atoms with Gasteiger partial charge in [-0.05, 0) is 39.0 Å². The van der Waals surface area contributed by atoms with E-state index in [2.05, 4.69) is 0 Å². The van der Waals surface area contributed by atoms with Gasteiger partial charge in [-0.15, -0.1) is 0 Å². The van der Waals surface area contributed by atoms with Crippen LogP contribution < -0.4 is 4.74 Å². The number of fused-ring (bicyclic) bond motifs is 1. The molecule has 0 saturated carbocycles. The number of hydrogen-bond donors (Lipinski definition) is 0. The smallest absolute Gasteiger partial charge is 0.352 e. The molecule has 0 saturated heterocycles. The lowest BCUT2D eigenvalue weighted by atomic mass is 10.1. The van der Waals surface area contributed by atoms with Crippen LogP contribution in [0.1, 0.15) is 41.6 Å². The summed E-state index contributed by atoms with van der Waals surface area (Å²) in [6.45, 7) is 5.70. The summed E-state index contributed by atoms with van der Waals surface area (Å²) in [5, 5.41) is 0.573. The second kappa shape index (κ2) is 8.61. The van der Waals surface area contributed by atoms with Crippen LogP contribution in [0.3, 0.4) is 0 Å². The molecule has 0 aliphatic heterocycles. The number of rotatable bonds is 7. The third-order valence-corrected chi connectivity index (χ3v) is 4.17. The minimum atomic E-state index is -0.919. The summed E-state index contributed by atoms with van der Waals surface area (Å²) in [5.74, 6) is -0.0555. The van der Waals surface area contributed by atoms with E-state index in [-0.39, 0.29) is 13.2 Å². The number of ether oxygens (including phenoxy) is 3. The monoisotopic (exact) mass is 382 g/mol. The predicted octanol–water partition coefficient (Wildman–Crippen LogP) is 4.60. The highest BCUT2D eigenvalue weighted by atomic mass is 16.6. The fourth-order valence-electron chi connectivity index (χ4n) is 2.96. The van der Waals surface area contributed by atoms with Crippen molar-refractivity contribution in [3.8, 4) is 5.75 Å². The van der Waals surface area contributed by atoms with E-state index < -0.39 is 18.0 Å². The SMILES string of the molecule is CCOC(=O)c1c(C)oc2ccc(OC(C(=O)OCC)c3ccccc3)cc12. The zero-order chi connectivity index (χ0) is 20.1. The lowest BCUT2D eigenvalue weighted by Crippen LogP contribution is -2.21. The number of hydrogen-bond acceptors (Lipinski definition) is 6. The molecule has 0 aliphatic carbocycles. The van der Waals surface area contributed by atoms with Crippen molar-refractivity contribution < 1.29 is 28.2 Å². The van der Waals surface area contributed by atoms with Crippen molar-refractivity contribution >= 4 is 22.9 Å². The average Bonchev–Trinajstić information content (AvgIpc) is 3.02. The molecule has 1 heterocycles. The normalized spacial score (nSPS) is 11.8. The molecule has 0 amide bonds. The van der Waals surface area contributed by atoms with Gasteiger partial charge in [0.2, 0.25) is 6.10 Å². The molecule has 0 bridgehead atoms. The van der Waals surface area contributed by atoms with Crippen LogP contribution in [0.25, 0.3) is 11.0 Å². The highest BCUT2D eigenvalue weighted by Crippen LogP contribution is 2.32. The highest BCUT2D eigenvalue weighted by Gasteiger charge is 2.25. The molecule has 6 nitrogen and oxygen atoms in total. The fourth-order valence-corrected chi connectivity index (χ4v) is 2.96. The first-order chi connectivity index (χ1) is 13.5. The van der Waals surface area contributed by atoms with E-state index in [1.807, 2.05) is 18.2 Å². The first-order valence-corrected chi connectivity index (χ1v) is 9.13. The van der Waals surface area contributed by atoms with Crippen LogP contribution in [0.15, 0.2) is 52.9 Å². The van der Waals surface area contributed by atoms with Crippen molar-refractivity contribution in [1.29, 1.82) is 0 Å². The number of benzene rings is 2. The summed E-state index contributed by atoms with van der Waals surface area (Å²) in [5.41, 5.74) is 1.57. The molecule has 1 unspecified atom stereocenters. The molecule has 28 heavy (non-hydrogen) atoms. The lowest BCUT2D eigenvalue weighted by Gasteiger charge is -2.18. The van der Waals surface area contributed by atoms with Gasteiger partial charge in [-0.2, -0.15) is 0 Å². The molecule has 146 valence electrons. The number of aryl methyl sites for hydroxylation is 1. The van der Waals surface area contributed by atoms with Gasteiger partial charge in [-0.1, -0.05) is 30.3 Å². The van der Waals surface area contributed by atoms with Crippen LogP contribution in [-0.2, 0) is 14.3 Å². The largest absolute Gasteiger partial charge is 0.474 e. The van der Waals surface area contributed by atoms with Crippen molar-refractivity contribution in [3.63, 3.8) is 0 Å². The van der Waals surface area contributed by atoms with Gasteiger partial charge in [-0.3, -0.25) is 0 Å². The highest BCUT2D eigenvalue weighted by molar-refractivity contribution is 6.04. The van der Waals surface area contributed by atoms with Crippen LogP contribution in [-0.4, -0.2) is 25.2 Å². The molecule has 1 aromatic heterocycles. The third kappa shape index (κ3) is 4.01. The second-order valence-electron chi connectivity index (χ2n) is 6.07. The van der Waals surface area contributed by atoms with Crippen LogP contribution in [0.2, 0.25) is 0 Å². The first-order valence-electron chi connectivity index (χ1n) is 9.13. The zero-order valence-electron chi connectivity index (χ0n) is 16.1. The number of esters is 2. The Labute approximate surface area is 163 Å². The van der Waals surface area contributed by atoms with Gasteiger partial charge in [0.25, 0.3) is 0 Å². The van der Waals surface area contributed by atoms with Crippen LogP contribution in [0.5, 0.6) is 5.75 Å². The minimum Gasteiger partial charge on any atom is -0.474 e. The molecular formula is C22H22O6. The summed E-state index contributed by atoms with van der Waals surface area (Å²) < 4.78 is 21.9. The predicted molar refractivity (Wildman–Crippen MR) is 103 cm³/mol. The number of furan rings is 1. The molecule has 0 N–H and O–H groups in total. The van der Waals surface area contributed by atoms with Gasteiger partial charge >= 0.3 is 11.9 Å². The van der Waals surface area contributed by atoms with Crippen molar-refractivity contribution in [2.45, 2.75) is 26.9 Å². The quantitative estimate of drug-likeness (QED) is 0.556. The van der Waals surface area contributed by atoms with Gasteiger partial charge in [-0.25, -0.2) is 9.59 Å². The maximum Gasteiger partial charge on any atom is 0.352 e. The van der Waals surface area contributed by atoms with Crippen LogP contribution >= 0.6 is 0 Å². The molecule has 6 heteroatoms. The maximum absolute atomic E-state index is 12.4. The minimum absolute atomic E-state index is 0.249. The van der Waals surface area contributed by atoms with Crippen LogP contribution in [0, 0.1) is 6.92 Å². The number of carbonyl (C=O) groups excluding carboxylic acids is 2. The summed E-state index contributed by atoms with van der Waals surface area (Å²) in [6, 6.07) is 14.2. The van der Waals surface area contributed by atoms with Gasteiger partial charge < -0.3 is 18.6 Å². The Morgan fingerprint density at radius 2 is 1.71 bits per heavy atom. The summed E-state index contributed by atoms with van der Waals surface area (Å²) in [6.07, 6.45) is -0.919. The molecule has 0 radical (unpaired) electrons. The summed E-state index contributed by atoms with van der Waals surface area (Å²) in [7, 11) is 0. The van der Waals surface area contributed by atoms with E-state index in [9.17, 15) is 9.59 Å². The molecule has 0 aliphatic rings. The molecular weight excluding hydrogens is 360 g/mol. The first kappa shape index (κ1) is 19.5. The van der Waals surface area contributed by atoms with Gasteiger partial charge in [0, 0.05) is 10.9 Å². The third-order valence-electron chi connectivity index (χ3n) is 4.17. The lowest BCUT2D eigenvalue weighted by molar-refractivity contribution is -0.151. The zero-order valence-corrected chi connectivity index (χ0v) is 16.1. The van der Waals surface area contributed by atoms with Gasteiger partial charge in [0.05, 0.1) is 13.2 Å². The standard InChI is InChI=1S/C22H22O6/c1-4-25-21(23)19-14(3)27-18-12-11-16(13-17(18)19)28-20(22(24)26-5-2)15-9-7-6-8-10-15/h6-13,20H,4-5H2,1-3H3. The van der Waals surface area contributed by atoms with E-state index in [0.29, 0.717) is 33.6 Å². The van der Waals surface area contributed by atoms with E-state index >= 15 is 0 Å². The summed E-state index contributed by atoms with van der Waals surface area (Å²) in [4.78, 5) is 24.7. The van der Waals surface area contributed by atoms with Crippen molar-refractivity contribution in [2.75, 3.05) is 13.2 Å². The topological polar surface area (TPSA) is 75.0 Å². The molecule has 2 aromatic carbocycles. The second-order valence-corrected chi connectivity index (χ2v) is 6.07. The van der Waals surface area contributed by atoms with Crippen LogP contribution in [0.4, 0.5) is 0 Å². The van der Waals surface area contributed by atoms with Gasteiger partial charge in [0.15, 0.2) is 0 Å². The Morgan fingerprint density at radius 3 is 2.39 bits per heavy atom.